The van der Waals surface area contributed by atoms with Crippen LogP contribution in [0.15, 0.2) is 29.2 Å². The number of carbonyl (C=O) groups excluding carboxylic acids is 1. The predicted molar refractivity (Wildman–Crippen MR) is 111 cm³/mol. The molecule has 0 saturated carbocycles. The average Bonchev–Trinajstić information content (AvgIpc) is 3.07. The van der Waals surface area contributed by atoms with Crippen molar-refractivity contribution in [3.63, 3.8) is 0 Å². The number of methoxy groups -OCH3 is 1. The van der Waals surface area contributed by atoms with Crippen LogP contribution in [0.4, 0.5) is 0 Å². The van der Waals surface area contributed by atoms with E-state index in [0.717, 1.165) is 44.9 Å². The summed E-state index contributed by atoms with van der Waals surface area (Å²) in [7, 11) is 1.61. The van der Waals surface area contributed by atoms with Crippen LogP contribution < -0.4 is 4.74 Å². The van der Waals surface area contributed by atoms with Gasteiger partial charge in [-0.1, -0.05) is 30.0 Å². The summed E-state index contributed by atoms with van der Waals surface area (Å²) in [5.74, 6) is -0.773. The molecule has 2 aromatic rings. The fourth-order valence-corrected chi connectivity index (χ4v) is 4.19. The highest BCUT2D eigenvalue weighted by Crippen LogP contribution is 2.33. The molecule has 146 valence electrons. The fraction of sp³-hybridized carbons (Fsp3) is 0.263. The molecule has 0 bridgehead atoms. The number of rotatable bonds is 6. The van der Waals surface area contributed by atoms with Crippen molar-refractivity contribution in [1.82, 2.24) is 14.7 Å². The lowest BCUT2D eigenvalue weighted by Crippen LogP contribution is -2.33. The first-order valence-electron chi connectivity index (χ1n) is 8.43. The Labute approximate surface area is 172 Å². The van der Waals surface area contributed by atoms with E-state index in [9.17, 15) is 9.59 Å². The SMILES string of the molecule is COc1ccc(C=C2SC(=S)N(CC(=O)O)C2=O)cc1Cn1nc(C)cc1C. The minimum Gasteiger partial charge on any atom is -0.496 e. The zero-order valence-electron chi connectivity index (χ0n) is 15.6. The van der Waals surface area contributed by atoms with Crippen LogP contribution in [0.1, 0.15) is 22.5 Å². The quantitative estimate of drug-likeness (QED) is 0.571. The molecule has 9 heteroatoms. The molecule has 1 fully saturated rings. The maximum absolute atomic E-state index is 12.4. The van der Waals surface area contributed by atoms with E-state index in [1.54, 1.807) is 13.2 Å². The van der Waals surface area contributed by atoms with Gasteiger partial charge in [0.1, 0.15) is 16.6 Å². The van der Waals surface area contributed by atoms with E-state index >= 15 is 0 Å². The zero-order valence-corrected chi connectivity index (χ0v) is 17.3. The van der Waals surface area contributed by atoms with Crippen molar-refractivity contribution in [2.75, 3.05) is 13.7 Å². The molecule has 1 aromatic heterocycles. The Morgan fingerprint density at radius 1 is 1.36 bits per heavy atom. The summed E-state index contributed by atoms with van der Waals surface area (Å²) in [6, 6.07) is 7.61. The highest BCUT2D eigenvalue weighted by Gasteiger charge is 2.33. The Kier molecular flexibility index (Phi) is 5.85. The van der Waals surface area contributed by atoms with Crippen molar-refractivity contribution in [3.8, 4) is 5.75 Å². The van der Waals surface area contributed by atoms with E-state index in [1.165, 1.54) is 0 Å². The molecule has 0 unspecified atom stereocenters. The fourth-order valence-electron chi connectivity index (χ4n) is 2.93. The first kappa shape index (κ1) is 20.1. The number of thiocarbonyl (C=S) groups is 1. The van der Waals surface area contributed by atoms with Gasteiger partial charge in [0.2, 0.25) is 0 Å². The molecule has 0 radical (unpaired) electrons. The van der Waals surface area contributed by atoms with Crippen LogP contribution in [0.5, 0.6) is 5.75 Å². The number of amides is 1. The number of nitrogens with zero attached hydrogens (tertiary/aromatic N) is 3. The van der Waals surface area contributed by atoms with Crippen molar-refractivity contribution in [2.24, 2.45) is 0 Å². The van der Waals surface area contributed by atoms with Crippen molar-refractivity contribution in [2.45, 2.75) is 20.4 Å². The summed E-state index contributed by atoms with van der Waals surface area (Å²) in [5.41, 5.74) is 3.70. The van der Waals surface area contributed by atoms with Crippen LogP contribution in [-0.4, -0.2) is 49.6 Å². The van der Waals surface area contributed by atoms with E-state index in [4.69, 9.17) is 22.1 Å². The topological polar surface area (TPSA) is 84.7 Å². The van der Waals surface area contributed by atoms with Crippen molar-refractivity contribution < 1.29 is 19.4 Å². The van der Waals surface area contributed by atoms with Crippen LogP contribution in [-0.2, 0) is 16.1 Å². The number of benzene rings is 1. The third kappa shape index (κ3) is 4.26. The molecule has 1 N–H and O–H groups in total. The Balaban J connectivity index is 1.90. The van der Waals surface area contributed by atoms with Crippen LogP contribution in [0.2, 0.25) is 0 Å². The monoisotopic (exact) mass is 417 g/mol. The van der Waals surface area contributed by atoms with Gasteiger partial charge in [-0.2, -0.15) is 5.10 Å². The molecule has 3 rings (SSSR count). The van der Waals surface area contributed by atoms with Crippen LogP contribution >= 0.6 is 24.0 Å². The van der Waals surface area contributed by atoms with E-state index in [2.05, 4.69) is 5.10 Å². The maximum atomic E-state index is 12.4. The molecular formula is C19H19N3O4S2. The van der Waals surface area contributed by atoms with Gasteiger partial charge in [0.15, 0.2) is 0 Å². The van der Waals surface area contributed by atoms with Crippen molar-refractivity contribution in [1.29, 1.82) is 0 Å². The van der Waals surface area contributed by atoms with Gasteiger partial charge in [-0.25, -0.2) is 0 Å². The van der Waals surface area contributed by atoms with Gasteiger partial charge < -0.3 is 9.84 Å². The largest absolute Gasteiger partial charge is 0.496 e. The molecule has 0 spiro atoms. The molecule has 1 saturated heterocycles. The molecule has 0 atom stereocenters. The molecule has 1 aliphatic heterocycles. The number of carboxylic acids is 1. The Morgan fingerprint density at radius 3 is 2.71 bits per heavy atom. The summed E-state index contributed by atoms with van der Waals surface area (Å²) in [6.07, 6.45) is 1.71. The lowest BCUT2D eigenvalue weighted by molar-refractivity contribution is -0.140. The summed E-state index contributed by atoms with van der Waals surface area (Å²) in [6.45, 7) is 4.03. The minimum absolute atomic E-state index is 0.245. The number of aromatic nitrogens is 2. The smallest absolute Gasteiger partial charge is 0.323 e. The number of hydrogen-bond donors (Lipinski definition) is 1. The van der Waals surface area contributed by atoms with E-state index in [0.29, 0.717) is 11.4 Å². The molecule has 1 amide bonds. The van der Waals surface area contributed by atoms with Crippen molar-refractivity contribution >= 4 is 46.3 Å². The number of hydrogen-bond acceptors (Lipinski definition) is 6. The highest BCUT2D eigenvalue weighted by molar-refractivity contribution is 8.26. The van der Waals surface area contributed by atoms with E-state index in [-0.39, 0.29) is 4.32 Å². The standard InChI is InChI=1S/C19H19N3O4S2/c1-11-6-12(2)22(20-11)9-14-7-13(4-5-15(14)26-3)8-16-18(25)21(10-17(23)24)19(27)28-16/h4-8H,9-10H2,1-3H3,(H,23,24). The number of thioether (sulfide) groups is 1. The lowest BCUT2D eigenvalue weighted by Gasteiger charge is -2.11. The molecule has 2 heterocycles. The second kappa shape index (κ2) is 8.15. The Bertz CT molecular complexity index is 997. The molecule has 28 heavy (non-hydrogen) atoms. The van der Waals surface area contributed by atoms with Gasteiger partial charge in [0.05, 0.1) is 24.3 Å². The summed E-state index contributed by atoms with van der Waals surface area (Å²) < 4.78 is 7.60. The number of aliphatic carboxylic acids is 1. The minimum atomic E-state index is -1.10. The van der Waals surface area contributed by atoms with Gasteiger partial charge in [-0.3, -0.25) is 19.2 Å². The van der Waals surface area contributed by atoms with Crippen LogP contribution in [0.3, 0.4) is 0 Å². The second-order valence-corrected chi connectivity index (χ2v) is 7.99. The molecule has 0 aliphatic carbocycles. The van der Waals surface area contributed by atoms with Crippen LogP contribution in [0, 0.1) is 13.8 Å². The van der Waals surface area contributed by atoms with Gasteiger partial charge in [0, 0.05) is 11.3 Å². The number of ether oxygens (including phenoxy) is 1. The zero-order chi connectivity index (χ0) is 20.4. The number of aryl methyl sites for hydroxylation is 2. The first-order valence-corrected chi connectivity index (χ1v) is 9.66. The van der Waals surface area contributed by atoms with Gasteiger partial charge in [-0.15, -0.1) is 0 Å². The summed E-state index contributed by atoms with van der Waals surface area (Å²) in [5, 5.41) is 13.4. The first-order chi connectivity index (χ1) is 13.3. The summed E-state index contributed by atoms with van der Waals surface area (Å²) in [4.78, 5) is 24.9. The average molecular weight is 418 g/mol. The van der Waals surface area contributed by atoms with E-state index in [1.807, 2.05) is 42.8 Å². The predicted octanol–water partition coefficient (Wildman–Crippen LogP) is 2.84. The Morgan fingerprint density at radius 2 is 2.11 bits per heavy atom. The second-order valence-electron chi connectivity index (χ2n) is 6.32. The molecule has 7 nitrogen and oxygen atoms in total. The molecular weight excluding hydrogens is 398 g/mol. The third-order valence-corrected chi connectivity index (χ3v) is 5.57. The number of carboxylic acid groups (broad SMARTS) is 1. The number of carbonyl (C=O) groups is 2. The summed E-state index contributed by atoms with van der Waals surface area (Å²) >= 11 is 6.23. The highest BCUT2D eigenvalue weighted by atomic mass is 32.2. The maximum Gasteiger partial charge on any atom is 0.323 e. The van der Waals surface area contributed by atoms with Crippen molar-refractivity contribution in [3.05, 3.63) is 51.7 Å². The normalized spacial score (nSPS) is 15.5. The third-order valence-electron chi connectivity index (χ3n) is 4.19. The molecule has 1 aliphatic rings. The van der Waals surface area contributed by atoms with E-state index < -0.39 is 18.4 Å². The molecule has 1 aromatic carbocycles. The van der Waals surface area contributed by atoms with Gasteiger partial charge >= 0.3 is 5.97 Å². The lowest BCUT2D eigenvalue weighted by atomic mass is 10.1. The van der Waals surface area contributed by atoms with Gasteiger partial charge in [-0.05, 0) is 43.7 Å². The Hall–Kier alpha value is -2.65. The van der Waals surface area contributed by atoms with Crippen LogP contribution in [0.25, 0.3) is 6.08 Å². The van der Waals surface area contributed by atoms with Gasteiger partial charge in [0.25, 0.3) is 5.91 Å².